The standard InChI is InChI=1S/C11H17N3O3S/c1-2-13-11(15)8-14-18(16,17)10-6-4-3-5-9(10)7-12/h3-6,14H,2,7-8,12H2,1H3,(H,13,15). The molecule has 6 nitrogen and oxygen atoms in total. The van der Waals surface area contributed by atoms with Crippen molar-refractivity contribution in [3.63, 3.8) is 0 Å². The zero-order valence-corrected chi connectivity index (χ0v) is 11.0. The average molecular weight is 271 g/mol. The molecule has 0 fully saturated rings. The van der Waals surface area contributed by atoms with Crippen LogP contribution in [-0.4, -0.2) is 27.4 Å². The molecule has 0 heterocycles. The second-order valence-corrected chi connectivity index (χ2v) is 5.33. The summed E-state index contributed by atoms with van der Waals surface area (Å²) in [6.07, 6.45) is 0. The fourth-order valence-electron chi connectivity index (χ4n) is 1.43. The minimum atomic E-state index is -3.71. The van der Waals surface area contributed by atoms with Gasteiger partial charge in [0.25, 0.3) is 0 Å². The van der Waals surface area contributed by atoms with Crippen LogP contribution in [0.15, 0.2) is 29.2 Å². The number of carbonyl (C=O) groups excluding carboxylic acids is 1. The number of benzene rings is 1. The SMILES string of the molecule is CCNC(=O)CNS(=O)(=O)c1ccccc1CN. The zero-order chi connectivity index (χ0) is 13.6. The highest BCUT2D eigenvalue weighted by Gasteiger charge is 2.18. The van der Waals surface area contributed by atoms with Crippen LogP contribution in [0, 0.1) is 0 Å². The van der Waals surface area contributed by atoms with E-state index in [1.165, 1.54) is 6.07 Å². The van der Waals surface area contributed by atoms with E-state index >= 15 is 0 Å². The van der Waals surface area contributed by atoms with Crippen molar-refractivity contribution >= 4 is 15.9 Å². The molecule has 0 saturated heterocycles. The van der Waals surface area contributed by atoms with Gasteiger partial charge in [0.15, 0.2) is 0 Å². The summed E-state index contributed by atoms with van der Waals surface area (Å²) in [4.78, 5) is 11.3. The number of amides is 1. The molecule has 1 amide bonds. The average Bonchev–Trinajstić information content (AvgIpc) is 2.37. The summed E-state index contributed by atoms with van der Waals surface area (Å²) >= 11 is 0. The summed E-state index contributed by atoms with van der Waals surface area (Å²) < 4.78 is 26.2. The lowest BCUT2D eigenvalue weighted by Gasteiger charge is -2.10. The van der Waals surface area contributed by atoms with E-state index in [9.17, 15) is 13.2 Å². The van der Waals surface area contributed by atoms with Gasteiger partial charge in [-0.25, -0.2) is 13.1 Å². The summed E-state index contributed by atoms with van der Waals surface area (Å²) in [6.45, 7) is 2.06. The summed E-state index contributed by atoms with van der Waals surface area (Å²) in [5.74, 6) is -0.369. The largest absolute Gasteiger partial charge is 0.355 e. The molecule has 7 heteroatoms. The molecule has 0 saturated carbocycles. The highest BCUT2D eigenvalue weighted by molar-refractivity contribution is 7.89. The number of likely N-dealkylation sites (N-methyl/N-ethyl adjacent to an activating group) is 1. The first-order chi connectivity index (χ1) is 8.51. The van der Waals surface area contributed by atoms with E-state index in [0.717, 1.165) is 0 Å². The topological polar surface area (TPSA) is 101 Å². The van der Waals surface area contributed by atoms with Gasteiger partial charge in [-0.2, -0.15) is 0 Å². The number of nitrogens with one attached hydrogen (secondary N) is 2. The molecule has 0 aliphatic carbocycles. The molecule has 0 spiro atoms. The van der Waals surface area contributed by atoms with Crippen molar-refractivity contribution in [3.8, 4) is 0 Å². The van der Waals surface area contributed by atoms with Crippen molar-refractivity contribution in [2.75, 3.05) is 13.1 Å². The molecule has 1 rings (SSSR count). The highest BCUT2D eigenvalue weighted by atomic mass is 32.2. The van der Waals surface area contributed by atoms with E-state index in [0.29, 0.717) is 12.1 Å². The predicted molar refractivity (Wildman–Crippen MR) is 68.2 cm³/mol. The number of nitrogens with two attached hydrogens (primary N) is 1. The van der Waals surface area contributed by atoms with Gasteiger partial charge in [-0.3, -0.25) is 4.79 Å². The lowest BCUT2D eigenvalue weighted by atomic mass is 10.2. The van der Waals surface area contributed by atoms with E-state index in [4.69, 9.17) is 5.73 Å². The highest BCUT2D eigenvalue weighted by Crippen LogP contribution is 2.14. The monoisotopic (exact) mass is 271 g/mol. The molecule has 0 aromatic heterocycles. The Bertz CT molecular complexity index is 514. The molecule has 1 aromatic carbocycles. The number of hydrogen-bond donors (Lipinski definition) is 3. The molecule has 0 unspecified atom stereocenters. The molecule has 1 aromatic rings. The summed E-state index contributed by atoms with van der Waals surface area (Å²) in [6, 6.07) is 6.42. The minimum absolute atomic E-state index is 0.108. The molecule has 18 heavy (non-hydrogen) atoms. The first kappa shape index (κ1) is 14.6. The number of hydrogen-bond acceptors (Lipinski definition) is 4. The first-order valence-corrected chi connectivity index (χ1v) is 7.04. The maximum absolute atomic E-state index is 12.0. The number of carbonyl (C=O) groups is 1. The van der Waals surface area contributed by atoms with Gasteiger partial charge in [0.1, 0.15) is 0 Å². The Morgan fingerprint density at radius 3 is 2.61 bits per heavy atom. The van der Waals surface area contributed by atoms with E-state index in [1.807, 2.05) is 0 Å². The molecule has 0 bridgehead atoms. The minimum Gasteiger partial charge on any atom is -0.355 e. The Morgan fingerprint density at radius 2 is 2.00 bits per heavy atom. The van der Waals surface area contributed by atoms with Crippen LogP contribution in [0.5, 0.6) is 0 Å². The second kappa shape index (κ2) is 6.48. The Balaban J connectivity index is 2.83. The van der Waals surface area contributed by atoms with Crippen LogP contribution >= 0.6 is 0 Å². The lowest BCUT2D eigenvalue weighted by Crippen LogP contribution is -2.37. The predicted octanol–water partition coefficient (Wildman–Crippen LogP) is -0.440. The maximum Gasteiger partial charge on any atom is 0.241 e. The summed E-state index contributed by atoms with van der Waals surface area (Å²) in [5.41, 5.74) is 5.99. The van der Waals surface area contributed by atoms with Crippen molar-refractivity contribution in [2.24, 2.45) is 5.73 Å². The third-order valence-corrected chi connectivity index (χ3v) is 3.78. The van der Waals surface area contributed by atoms with Crippen molar-refractivity contribution in [1.29, 1.82) is 0 Å². The van der Waals surface area contributed by atoms with Crippen LogP contribution < -0.4 is 15.8 Å². The molecular formula is C11H17N3O3S. The summed E-state index contributed by atoms with van der Waals surface area (Å²) in [7, 11) is -3.71. The van der Waals surface area contributed by atoms with Gasteiger partial charge >= 0.3 is 0 Å². The van der Waals surface area contributed by atoms with Crippen LogP contribution in [0.3, 0.4) is 0 Å². The maximum atomic E-state index is 12.0. The van der Waals surface area contributed by atoms with Crippen LogP contribution in [-0.2, 0) is 21.4 Å². The molecule has 100 valence electrons. The van der Waals surface area contributed by atoms with E-state index in [-0.39, 0.29) is 23.9 Å². The van der Waals surface area contributed by atoms with Crippen LogP contribution in [0.25, 0.3) is 0 Å². The van der Waals surface area contributed by atoms with Crippen molar-refractivity contribution in [3.05, 3.63) is 29.8 Å². The quantitative estimate of drug-likeness (QED) is 0.653. The third-order valence-electron chi connectivity index (χ3n) is 2.28. The van der Waals surface area contributed by atoms with Crippen molar-refractivity contribution in [2.45, 2.75) is 18.4 Å². The fourth-order valence-corrected chi connectivity index (χ4v) is 2.66. The molecule has 0 aliphatic rings. The van der Waals surface area contributed by atoms with Gasteiger partial charge in [0.05, 0.1) is 11.4 Å². The van der Waals surface area contributed by atoms with Gasteiger partial charge in [0, 0.05) is 13.1 Å². The van der Waals surface area contributed by atoms with Crippen LogP contribution in [0.1, 0.15) is 12.5 Å². The molecule has 0 radical (unpaired) electrons. The van der Waals surface area contributed by atoms with Gasteiger partial charge in [-0.05, 0) is 18.6 Å². The van der Waals surface area contributed by atoms with Gasteiger partial charge in [-0.15, -0.1) is 0 Å². The van der Waals surface area contributed by atoms with Crippen LogP contribution in [0.4, 0.5) is 0 Å². The van der Waals surface area contributed by atoms with E-state index in [2.05, 4.69) is 10.0 Å². The lowest BCUT2D eigenvalue weighted by molar-refractivity contribution is -0.119. The summed E-state index contributed by atoms with van der Waals surface area (Å²) in [5, 5.41) is 2.51. The van der Waals surface area contributed by atoms with Gasteiger partial charge in [0.2, 0.25) is 15.9 Å². The van der Waals surface area contributed by atoms with Crippen LogP contribution in [0.2, 0.25) is 0 Å². The van der Waals surface area contributed by atoms with E-state index < -0.39 is 10.0 Å². The normalized spacial score (nSPS) is 11.2. The first-order valence-electron chi connectivity index (χ1n) is 5.55. The fraction of sp³-hybridized carbons (Fsp3) is 0.364. The Kier molecular flexibility index (Phi) is 5.26. The van der Waals surface area contributed by atoms with Gasteiger partial charge in [-0.1, -0.05) is 18.2 Å². The molecule has 0 aliphatic heterocycles. The third kappa shape index (κ3) is 3.80. The van der Waals surface area contributed by atoms with E-state index in [1.54, 1.807) is 25.1 Å². The Morgan fingerprint density at radius 1 is 1.33 bits per heavy atom. The molecule has 4 N–H and O–H groups in total. The molecular weight excluding hydrogens is 254 g/mol. The Labute approximate surface area is 107 Å². The van der Waals surface area contributed by atoms with Gasteiger partial charge < -0.3 is 11.1 Å². The van der Waals surface area contributed by atoms with Crippen molar-refractivity contribution < 1.29 is 13.2 Å². The molecule has 0 atom stereocenters. The second-order valence-electron chi connectivity index (χ2n) is 3.59. The van der Waals surface area contributed by atoms with Crippen molar-refractivity contribution in [1.82, 2.24) is 10.0 Å². The Hall–Kier alpha value is -1.44. The number of rotatable bonds is 6. The smallest absolute Gasteiger partial charge is 0.241 e. The number of sulfonamides is 1. The zero-order valence-electron chi connectivity index (χ0n) is 10.1.